The smallest absolute Gasteiger partial charge is 0.335 e. The van der Waals surface area contributed by atoms with Crippen LogP contribution in [0, 0.1) is 6.92 Å². The van der Waals surface area contributed by atoms with Gasteiger partial charge in [-0.3, -0.25) is 9.69 Å². The van der Waals surface area contributed by atoms with E-state index in [9.17, 15) is 18.0 Å². The van der Waals surface area contributed by atoms with E-state index in [0.717, 1.165) is 24.0 Å². The number of halogens is 3. The van der Waals surface area contributed by atoms with Crippen LogP contribution in [-0.2, 0) is 12.7 Å². The monoisotopic (exact) mass is 472 g/mol. The van der Waals surface area contributed by atoms with E-state index in [4.69, 9.17) is 0 Å². The minimum atomic E-state index is -4.75. The van der Waals surface area contributed by atoms with E-state index >= 15 is 0 Å². The van der Waals surface area contributed by atoms with Crippen LogP contribution in [0.25, 0.3) is 5.57 Å². The molecule has 1 aromatic heterocycles. The minimum Gasteiger partial charge on any atom is -0.335 e. The normalized spacial score (nSPS) is 18.1. The Hall–Kier alpha value is -2.87. The molecule has 1 saturated heterocycles. The number of hydrogen-bond acceptors (Lipinski definition) is 3. The van der Waals surface area contributed by atoms with E-state index < -0.39 is 17.8 Å². The maximum absolute atomic E-state index is 14.2. The summed E-state index contributed by atoms with van der Waals surface area (Å²) < 4.78 is 43.9. The molecule has 182 valence electrons. The number of alkyl halides is 3. The second-order valence-corrected chi connectivity index (χ2v) is 8.92. The SMILES string of the molecule is C=C/C=C(\c1ccccc1C)c1nc(C(F)(F)F)c(C(=O)N2CCN(C3CCC3)CC2)n1CC. The molecular weight excluding hydrogens is 441 g/mol. The van der Waals surface area contributed by atoms with Gasteiger partial charge in [0, 0.05) is 44.3 Å². The second kappa shape index (κ2) is 9.78. The van der Waals surface area contributed by atoms with Crippen molar-refractivity contribution in [2.75, 3.05) is 26.2 Å². The third kappa shape index (κ3) is 4.56. The number of nitrogens with zero attached hydrogens (tertiary/aromatic N) is 4. The molecule has 2 heterocycles. The molecule has 5 nitrogen and oxygen atoms in total. The van der Waals surface area contributed by atoms with Crippen LogP contribution in [0.2, 0.25) is 0 Å². The third-order valence-electron chi connectivity index (χ3n) is 6.91. The van der Waals surface area contributed by atoms with Crippen LogP contribution < -0.4 is 0 Å². The molecule has 2 fully saturated rings. The topological polar surface area (TPSA) is 41.4 Å². The van der Waals surface area contributed by atoms with Crippen molar-refractivity contribution in [3.8, 4) is 0 Å². The number of aryl methyl sites for hydroxylation is 1. The van der Waals surface area contributed by atoms with Crippen molar-refractivity contribution in [2.24, 2.45) is 0 Å². The molecule has 8 heteroatoms. The van der Waals surface area contributed by atoms with Crippen molar-refractivity contribution in [3.63, 3.8) is 0 Å². The molecule has 1 aliphatic heterocycles. The predicted molar refractivity (Wildman–Crippen MR) is 126 cm³/mol. The largest absolute Gasteiger partial charge is 0.435 e. The number of carbonyl (C=O) groups excluding carboxylic acids is 1. The summed E-state index contributed by atoms with van der Waals surface area (Å²) in [5.74, 6) is -0.482. The first-order valence-electron chi connectivity index (χ1n) is 11.9. The number of imidazole rings is 1. The lowest BCUT2D eigenvalue weighted by Gasteiger charge is -2.43. The third-order valence-corrected chi connectivity index (χ3v) is 6.91. The number of carbonyl (C=O) groups is 1. The molecule has 1 aromatic carbocycles. The maximum atomic E-state index is 14.2. The van der Waals surface area contributed by atoms with E-state index in [1.54, 1.807) is 17.9 Å². The first kappa shape index (κ1) is 24.3. The predicted octanol–water partition coefficient (Wildman–Crippen LogP) is 5.16. The summed E-state index contributed by atoms with van der Waals surface area (Å²) in [5.41, 5.74) is 0.651. The highest BCUT2D eigenvalue weighted by Crippen LogP contribution is 2.36. The summed E-state index contributed by atoms with van der Waals surface area (Å²) in [6.45, 7) is 9.77. The first-order valence-corrected chi connectivity index (χ1v) is 11.9. The molecule has 0 radical (unpaired) electrons. The van der Waals surface area contributed by atoms with Gasteiger partial charge in [0.25, 0.3) is 5.91 Å². The maximum Gasteiger partial charge on any atom is 0.435 e. The average molecular weight is 473 g/mol. The van der Waals surface area contributed by atoms with Crippen LogP contribution in [0.15, 0.2) is 43.0 Å². The summed E-state index contributed by atoms with van der Waals surface area (Å²) >= 11 is 0. The molecular formula is C26H31F3N4O. The van der Waals surface area contributed by atoms with Gasteiger partial charge >= 0.3 is 6.18 Å². The Morgan fingerprint density at radius 1 is 1.18 bits per heavy atom. The zero-order chi connectivity index (χ0) is 24.5. The summed E-state index contributed by atoms with van der Waals surface area (Å²) in [4.78, 5) is 21.4. The Morgan fingerprint density at radius 2 is 1.85 bits per heavy atom. The number of amides is 1. The highest BCUT2D eigenvalue weighted by Gasteiger charge is 2.43. The molecule has 0 unspecified atom stereocenters. The molecule has 34 heavy (non-hydrogen) atoms. The van der Waals surface area contributed by atoms with Gasteiger partial charge in [-0.15, -0.1) is 0 Å². The van der Waals surface area contributed by atoms with Crippen molar-refractivity contribution >= 4 is 11.5 Å². The zero-order valence-electron chi connectivity index (χ0n) is 19.7. The molecule has 1 amide bonds. The van der Waals surface area contributed by atoms with Crippen LogP contribution in [0.4, 0.5) is 13.2 Å². The van der Waals surface area contributed by atoms with Gasteiger partial charge in [0.15, 0.2) is 5.69 Å². The molecule has 0 N–H and O–H groups in total. The van der Waals surface area contributed by atoms with E-state index in [1.165, 1.54) is 17.1 Å². The Bertz CT molecular complexity index is 1090. The summed E-state index contributed by atoms with van der Waals surface area (Å²) in [6.07, 6.45) is 1.98. The standard InChI is InChI=1S/C26H31F3N4O/c1-4-9-21(20-13-7-6-10-18(20)3)24-30-23(26(27,28)29)22(33(24)5-2)25(34)32-16-14-31(15-17-32)19-11-8-12-19/h4,6-7,9-10,13,19H,1,5,8,11-12,14-17H2,2-3H3/b21-9+. The lowest BCUT2D eigenvalue weighted by molar-refractivity contribution is -0.141. The highest BCUT2D eigenvalue weighted by molar-refractivity contribution is 5.95. The lowest BCUT2D eigenvalue weighted by Crippen LogP contribution is -2.53. The van der Waals surface area contributed by atoms with Gasteiger partial charge in [0.05, 0.1) is 0 Å². The van der Waals surface area contributed by atoms with Gasteiger partial charge in [-0.25, -0.2) is 4.98 Å². The highest BCUT2D eigenvalue weighted by atomic mass is 19.4. The Balaban J connectivity index is 1.75. The Kier molecular flexibility index (Phi) is 6.98. The average Bonchev–Trinajstić information content (AvgIpc) is 3.17. The van der Waals surface area contributed by atoms with Crippen LogP contribution in [0.3, 0.4) is 0 Å². The number of piperazine rings is 1. The molecule has 0 bridgehead atoms. The molecule has 0 atom stereocenters. The molecule has 2 aliphatic rings. The number of hydrogen-bond donors (Lipinski definition) is 0. The molecule has 1 aliphatic carbocycles. The fraction of sp³-hybridized carbons (Fsp3) is 0.462. The fourth-order valence-electron chi connectivity index (χ4n) is 4.85. The Labute approximate surface area is 198 Å². The van der Waals surface area contributed by atoms with Gasteiger partial charge in [-0.1, -0.05) is 49.4 Å². The van der Waals surface area contributed by atoms with E-state index in [1.807, 2.05) is 31.2 Å². The van der Waals surface area contributed by atoms with Gasteiger partial charge in [0.1, 0.15) is 11.5 Å². The van der Waals surface area contributed by atoms with Crippen molar-refractivity contribution < 1.29 is 18.0 Å². The quantitative estimate of drug-likeness (QED) is 0.546. The first-order chi connectivity index (χ1) is 16.3. The van der Waals surface area contributed by atoms with Crippen molar-refractivity contribution in [3.05, 3.63) is 71.3 Å². The summed E-state index contributed by atoms with van der Waals surface area (Å²) in [6, 6.07) is 7.99. The Morgan fingerprint density at radius 3 is 2.38 bits per heavy atom. The number of benzene rings is 1. The van der Waals surface area contributed by atoms with Crippen molar-refractivity contribution in [1.29, 1.82) is 0 Å². The number of rotatable bonds is 6. The van der Waals surface area contributed by atoms with E-state index in [2.05, 4.69) is 16.5 Å². The van der Waals surface area contributed by atoms with Gasteiger partial charge < -0.3 is 9.47 Å². The van der Waals surface area contributed by atoms with Crippen molar-refractivity contribution in [2.45, 2.75) is 51.9 Å². The van der Waals surface area contributed by atoms with Crippen LogP contribution in [-0.4, -0.2) is 57.5 Å². The van der Waals surface area contributed by atoms with Crippen LogP contribution in [0.1, 0.15) is 59.3 Å². The van der Waals surface area contributed by atoms with Gasteiger partial charge in [-0.05, 0) is 37.8 Å². The van der Waals surface area contributed by atoms with Gasteiger partial charge in [0.2, 0.25) is 0 Å². The molecule has 0 spiro atoms. The van der Waals surface area contributed by atoms with Gasteiger partial charge in [-0.2, -0.15) is 13.2 Å². The number of aromatic nitrogens is 2. The molecule has 2 aromatic rings. The zero-order valence-corrected chi connectivity index (χ0v) is 19.7. The van der Waals surface area contributed by atoms with Crippen LogP contribution in [0.5, 0.6) is 0 Å². The van der Waals surface area contributed by atoms with Crippen molar-refractivity contribution in [1.82, 2.24) is 19.4 Å². The lowest BCUT2D eigenvalue weighted by atomic mass is 9.91. The van der Waals surface area contributed by atoms with E-state index in [0.29, 0.717) is 37.8 Å². The van der Waals surface area contributed by atoms with E-state index in [-0.39, 0.29) is 18.1 Å². The van der Waals surface area contributed by atoms with Crippen LogP contribution >= 0.6 is 0 Å². The minimum absolute atomic E-state index is 0.125. The fourth-order valence-corrected chi connectivity index (χ4v) is 4.85. The molecule has 1 saturated carbocycles. The number of allylic oxidation sites excluding steroid dienone is 2. The molecule has 4 rings (SSSR count). The second-order valence-electron chi connectivity index (χ2n) is 8.92. The summed E-state index contributed by atoms with van der Waals surface area (Å²) in [5, 5.41) is 0. The summed E-state index contributed by atoms with van der Waals surface area (Å²) in [7, 11) is 0.